The summed E-state index contributed by atoms with van der Waals surface area (Å²) >= 11 is 0. The molecule has 0 N–H and O–H groups in total. The zero-order valence-corrected chi connectivity index (χ0v) is 14.3. The molecule has 1 rings (SSSR count). The molecule has 0 radical (unpaired) electrons. The van der Waals surface area contributed by atoms with E-state index in [9.17, 15) is 0 Å². The molecule has 0 spiro atoms. The second kappa shape index (κ2) is 10.1. The fraction of sp³-hybridized carbons (Fsp3) is 0.889. The summed E-state index contributed by atoms with van der Waals surface area (Å²) in [4.78, 5) is 5.11. The van der Waals surface area contributed by atoms with Gasteiger partial charge in [-0.2, -0.15) is 0 Å². The second-order valence-electron chi connectivity index (χ2n) is 6.47. The minimum Gasteiger partial charge on any atom is -0.356 e. The Morgan fingerprint density at radius 2 is 1.50 bits per heavy atom. The van der Waals surface area contributed by atoms with Gasteiger partial charge in [-0.05, 0) is 33.1 Å². The van der Waals surface area contributed by atoms with Crippen LogP contribution in [-0.2, 0) is 0 Å². The summed E-state index contributed by atoms with van der Waals surface area (Å²) in [6.45, 7) is 10.4. The molecule has 1 heterocycles. The summed E-state index contributed by atoms with van der Waals surface area (Å²) in [5.74, 6) is 0. The predicted octanol–water partition coefficient (Wildman–Crippen LogP) is 5.36. The summed E-state index contributed by atoms with van der Waals surface area (Å²) < 4.78 is 0. The molecule has 2 heteroatoms. The Bertz CT molecular complexity index is 260. The van der Waals surface area contributed by atoms with E-state index in [-0.39, 0.29) is 0 Å². The first-order valence-corrected chi connectivity index (χ1v) is 8.92. The smallest absolute Gasteiger partial charge is 0.101 e. The van der Waals surface area contributed by atoms with E-state index in [1.807, 2.05) is 0 Å². The van der Waals surface area contributed by atoms with Gasteiger partial charge in [-0.1, -0.05) is 52.4 Å². The first-order valence-electron chi connectivity index (χ1n) is 8.92. The lowest BCUT2D eigenvalue weighted by atomic mass is 10.1. The van der Waals surface area contributed by atoms with Crippen LogP contribution in [0.5, 0.6) is 0 Å². The van der Waals surface area contributed by atoms with Gasteiger partial charge < -0.3 is 9.80 Å². The van der Waals surface area contributed by atoms with Crippen molar-refractivity contribution in [2.24, 2.45) is 0 Å². The molecule has 0 amide bonds. The number of rotatable bonds is 11. The maximum atomic E-state index is 2.58. The van der Waals surface area contributed by atoms with Crippen LogP contribution >= 0.6 is 0 Å². The van der Waals surface area contributed by atoms with Crippen LogP contribution in [0.4, 0.5) is 0 Å². The van der Waals surface area contributed by atoms with Gasteiger partial charge in [0.1, 0.15) is 6.17 Å². The Balaban J connectivity index is 2.29. The van der Waals surface area contributed by atoms with E-state index in [4.69, 9.17) is 0 Å². The molecule has 1 atom stereocenters. The maximum Gasteiger partial charge on any atom is 0.101 e. The first-order chi connectivity index (χ1) is 9.70. The zero-order chi connectivity index (χ0) is 14.8. The molecule has 0 aromatic heterocycles. The normalized spacial score (nSPS) is 18.6. The van der Waals surface area contributed by atoms with Crippen molar-refractivity contribution >= 4 is 0 Å². The summed E-state index contributed by atoms with van der Waals surface area (Å²) in [6, 6.07) is 0.614. The van der Waals surface area contributed by atoms with Crippen molar-refractivity contribution in [1.29, 1.82) is 0 Å². The van der Waals surface area contributed by atoms with Gasteiger partial charge in [0, 0.05) is 25.0 Å². The van der Waals surface area contributed by atoms with Gasteiger partial charge in [0.2, 0.25) is 0 Å². The van der Waals surface area contributed by atoms with Gasteiger partial charge in [-0.15, -0.1) is 0 Å². The number of hydrogen-bond acceptors (Lipinski definition) is 2. The zero-order valence-electron chi connectivity index (χ0n) is 14.3. The second-order valence-corrected chi connectivity index (χ2v) is 6.47. The van der Waals surface area contributed by atoms with Gasteiger partial charge in [0.25, 0.3) is 0 Å². The standard InChI is InChI=1S/C18H36N2/c1-5-7-9-10-11-12-14-19-15-16-20(17(3)4)18(19)13-8-6-2/h15-18H,5-14H2,1-4H3. The first kappa shape index (κ1) is 17.4. The molecule has 0 saturated carbocycles. The highest BCUT2D eigenvalue weighted by Crippen LogP contribution is 2.23. The van der Waals surface area contributed by atoms with Crippen molar-refractivity contribution in [3.05, 3.63) is 12.4 Å². The molecule has 1 unspecified atom stereocenters. The molecule has 0 saturated heterocycles. The van der Waals surface area contributed by atoms with Crippen LogP contribution in [0.1, 0.15) is 85.5 Å². The van der Waals surface area contributed by atoms with E-state index >= 15 is 0 Å². The van der Waals surface area contributed by atoms with E-state index in [0.717, 1.165) is 0 Å². The highest BCUT2D eigenvalue weighted by Gasteiger charge is 2.26. The molecule has 118 valence electrons. The van der Waals surface area contributed by atoms with Crippen molar-refractivity contribution in [3.8, 4) is 0 Å². The van der Waals surface area contributed by atoms with E-state index < -0.39 is 0 Å². The third-order valence-corrected chi connectivity index (χ3v) is 4.34. The third kappa shape index (κ3) is 5.76. The lowest BCUT2D eigenvalue weighted by molar-refractivity contribution is 0.114. The fourth-order valence-electron chi connectivity index (χ4n) is 3.05. The van der Waals surface area contributed by atoms with Crippen molar-refractivity contribution in [2.45, 2.75) is 97.7 Å². The average molecular weight is 281 g/mol. The van der Waals surface area contributed by atoms with E-state index in [1.54, 1.807) is 0 Å². The molecule has 20 heavy (non-hydrogen) atoms. The lowest BCUT2D eigenvalue weighted by Crippen LogP contribution is -2.42. The fourth-order valence-corrected chi connectivity index (χ4v) is 3.05. The van der Waals surface area contributed by atoms with Crippen LogP contribution < -0.4 is 0 Å². The molecule has 1 aliphatic heterocycles. The van der Waals surface area contributed by atoms with Crippen molar-refractivity contribution in [3.63, 3.8) is 0 Å². The SMILES string of the molecule is CCCCCCCCN1C=CN(C(C)C)C1CCCC. The molecule has 0 aromatic rings. The van der Waals surface area contributed by atoms with Crippen LogP contribution in [0, 0.1) is 0 Å². The van der Waals surface area contributed by atoms with Crippen molar-refractivity contribution < 1.29 is 0 Å². The molecule has 2 nitrogen and oxygen atoms in total. The minimum absolute atomic E-state index is 0.614. The number of hydrogen-bond donors (Lipinski definition) is 0. The van der Waals surface area contributed by atoms with E-state index in [1.165, 1.54) is 64.3 Å². The van der Waals surface area contributed by atoms with Gasteiger partial charge in [-0.3, -0.25) is 0 Å². The topological polar surface area (TPSA) is 6.48 Å². The molecule has 0 fully saturated rings. The summed E-state index contributed by atoms with van der Waals surface area (Å²) in [6.07, 6.45) is 17.5. The van der Waals surface area contributed by atoms with Crippen molar-refractivity contribution in [1.82, 2.24) is 9.80 Å². The highest BCUT2D eigenvalue weighted by atomic mass is 15.4. The molecular formula is C18H36N2. The monoisotopic (exact) mass is 280 g/mol. The Morgan fingerprint density at radius 3 is 2.15 bits per heavy atom. The van der Waals surface area contributed by atoms with Gasteiger partial charge in [0.05, 0.1) is 0 Å². The number of nitrogens with zero attached hydrogens (tertiary/aromatic N) is 2. The summed E-state index contributed by atoms with van der Waals surface area (Å²) in [7, 11) is 0. The molecule has 1 aliphatic rings. The van der Waals surface area contributed by atoms with Gasteiger partial charge >= 0.3 is 0 Å². The van der Waals surface area contributed by atoms with Crippen LogP contribution in [-0.4, -0.2) is 28.6 Å². The molecule has 0 aliphatic carbocycles. The average Bonchev–Trinajstić information content (AvgIpc) is 2.83. The molecular weight excluding hydrogens is 244 g/mol. The van der Waals surface area contributed by atoms with Gasteiger partial charge in [-0.25, -0.2) is 0 Å². The quantitative estimate of drug-likeness (QED) is 0.470. The maximum absolute atomic E-state index is 2.58. The van der Waals surface area contributed by atoms with E-state index in [2.05, 4.69) is 49.9 Å². The Hall–Kier alpha value is -0.660. The molecule has 0 aromatic carbocycles. The van der Waals surface area contributed by atoms with Crippen molar-refractivity contribution in [2.75, 3.05) is 6.54 Å². The predicted molar refractivity (Wildman–Crippen MR) is 89.5 cm³/mol. The van der Waals surface area contributed by atoms with Crippen LogP contribution in [0.3, 0.4) is 0 Å². The summed E-state index contributed by atoms with van der Waals surface area (Å²) in [5, 5.41) is 0. The highest BCUT2D eigenvalue weighted by molar-refractivity contribution is 4.98. The van der Waals surface area contributed by atoms with Crippen LogP contribution in [0.15, 0.2) is 12.4 Å². The Labute approximate surface area is 127 Å². The third-order valence-electron chi connectivity index (χ3n) is 4.34. The largest absolute Gasteiger partial charge is 0.356 e. The minimum atomic E-state index is 0.614. The van der Waals surface area contributed by atoms with Crippen LogP contribution in [0.25, 0.3) is 0 Å². The van der Waals surface area contributed by atoms with Crippen LogP contribution in [0.2, 0.25) is 0 Å². The van der Waals surface area contributed by atoms with Gasteiger partial charge in [0.15, 0.2) is 0 Å². The number of unbranched alkanes of at least 4 members (excludes halogenated alkanes) is 6. The Kier molecular flexibility index (Phi) is 8.80. The molecule has 0 bridgehead atoms. The summed E-state index contributed by atoms with van der Waals surface area (Å²) in [5.41, 5.74) is 0. The lowest BCUT2D eigenvalue weighted by Gasteiger charge is -2.35. The Morgan fingerprint density at radius 1 is 0.850 bits per heavy atom. The van der Waals surface area contributed by atoms with E-state index in [0.29, 0.717) is 12.2 Å².